The van der Waals surface area contributed by atoms with Crippen LogP contribution in [0.3, 0.4) is 0 Å². The Labute approximate surface area is 144 Å². The molecule has 0 bridgehead atoms. The molecule has 1 aromatic carbocycles. The molecule has 0 aromatic heterocycles. The molecule has 0 atom stereocenters. The highest BCUT2D eigenvalue weighted by atomic mass is 35.5. The Morgan fingerprint density at radius 1 is 0.773 bits per heavy atom. The van der Waals surface area contributed by atoms with Crippen molar-refractivity contribution in [1.29, 1.82) is 0 Å². The Bertz CT molecular complexity index is 475. The number of hydrogen-bond donors (Lipinski definition) is 0. The topological polar surface area (TPSA) is 0 Å². The SMILES string of the molecule is Cl/C=C/C1CCC(C2CCC(c3ccc(Cl)cc3)CC2)CC1. The van der Waals surface area contributed by atoms with Gasteiger partial charge in [0.2, 0.25) is 0 Å². The third-order valence-electron chi connectivity index (χ3n) is 5.94. The fraction of sp³-hybridized carbons (Fsp3) is 0.600. The molecule has 0 aliphatic heterocycles. The van der Waals surface area contributed by atoms with Crippen molar-refractivity contribution in [3.05, 3.63) is 46.5 Å². The van der Waals surface area contributed by atoms with E-state index in [1.807, 2.05) is 12.1 Å². The minimum absolute atomic E-state index is 0.735. The van der Waals surface area contributed by atoms with Crippen LogP contribution in [0.15, 0.2) is 35.9 Å². The smallest absolute Gasteiger partial charge is 0.0406 e. The summed E-state index contributed by atoms with van der Waals surface area (Å²) >= 11 is 11.7. The fourth-order valence-corrected chi connectivity index (χ4v) is 4.90. The fourth-order valence-electron chi connectivity index (χ4n) is 4.57. The van der Waals surface area contributed by atoms with E-state index in [9.17, 15) is 0 Å². The molecule has 2 fully saturated rings. The van der Waals surface area contributed by atoms with E-state index in [-0.39, 0.29) is 0 Å². The number of benzene rings is 1. The van der Waals surface area contributed by atoms with Gasteiger partial charge in [-0.3, -0.25) is 0 Å². The lowest BCUT2D eigenvalue weighted by molar-refractivity contribution is 0.171. The summed E-state index contributed by atoms with van der Waals surface area (Å²) in [6.07, 6.45) is 13.2. The van der Waals surface area contributed by atoms with Gasteiger partial charge in [0.1, 0.15) is 0 Å². The van der Waals surface area contributed by atoms with Gasteiger partial charge in [-0.25, -0.2) is 0 Å². The zero-order valence-electron chi connectivity index (χ0n) is 13.2. The van der Waals surface area contributed by atoms with E-state index in [0.717, 1.165) is 28.7 Å². The van der Waals surface area contributed by atoms with E-state index in [4.69, 9.17) is 23.2 Å². The molecule has 0 heterocycles. The van der Waals surface area contributed by atoms with Gasteiger partial charge in [-0.05, 0) is 92.7 Å². The number of halogens is 2. The molecule has 3 rings (SSSR count). The van der Waals surface area contributed by atoms with E-state index >= 15 is 0 Å². The molecule has 0 nitrogen and oxygen atoms in total. The van der Waals surface area contributed by atoms with Crippen molar-refractivity contribution in [1.82, 2.24) is 0 Å². The van der Waals surface area contributed by atoms with E-state index in [0.29, 0.717) is 0 Å². The summed E-state index contributed by atoms with van der Waals surface area (Å²) in [7, 11) is 0. The van der Waals surface area contributed by atoms with Crippen molar-refractivity contribution in [3.63, 3.8) is 0 Å². The summed E-state index contributed by atoms with van der Waals surface area (Å²) in [5.41, 5.74) is 3.20. The standard InChI is InChI=1S/C20H26Cl2/c21-14-13-15-1-3-16(4-2-15)17-5-7-18(8-6-17)19-9-11-20(22)12-10-19/h9-18H,1-8H2/b14-13+. The van der Waals surface area contributed by atoms with Crippen molar-refractivity contribution in [2.75, 3.05) is 0 Å². The molecule has 0 radical (unpaired) electrons. The molecule has 0 amide bonds. The van der Waals surface area contributed by atoms with Crippen LogP contribution in [-0.2, 0) is 0 Å². The van der Waals surface area contributed by atoms with Gasteiger partial charge in [-0.2, -0.15) is 0 Å². The first-order chi connectivity index (χ1) is 10.8. The maximum atomic E-state index is 6.00. The molecular formula is C20H26Cl2. The van der Waals surface area contributed by atoms with E-state index in [2.05, 4.69) is 18.2 Å². The second kappa shape index (κ2) is 7.88. The Kier molecular flexibility index (Phi) is 5.88. The van der Waals surface area contributed by atoms with Gasteiger partial charge in [0.05, 0.1) is 0 Å². The van der Waals surface area contributed by atoms with Gasteiger partial charge in [0, 0.05) is 10.6 Å². The minimum atomic E-state index is 0.735. The zero-order valence-corrected chi connectivity index (χ0v) is 14.7. The van der Waals surface area contributed by atoms with E-state index < -0.39 is 0 Å². The Hall–Kier alpha value is -0.460. The lowest BCUT2D eigenvalue weighted by Crippen LogP contribution is -2.25. The first kappa shape index (κ1) is 16.4. The third-order valence-corrected chi connectivity index (χ3v) is 6.34. The summed E-state index contributed by atoms with van der Waals surface area (Å²) in [5.74, 6) is 3.42. The lowest BCUT2D eigenvalue weighted by atomic mass is 9.68. The molecule has 0 saturated heterocycles. The second-order valence-electron chi connectivity index (χ2n) is 7.16. The van der Waals surface area contributed by atoms with Gasteiger partial charge < -0.3 is 0 Å². The second-order valence-corrected chi connectivity index (χ2v) is 7.84. The summed E-state index contributed by atoms with van der Waals surface area (Å²) in [4.78, 5) is 0. The van der Waals surface area contributed by atoms with Gasteiger partial charge in [-0.15, -0.1) is 0 Å². The summed E-state index contributed by atoms with van der Waals surface area (Å²) in [5, 5.41) is 0.847. The predicted molar refractivity (Wildman–Crippen MR) is 96.6 cm³/mol. The Morgan fingerprint density at radius 3 is 1.86 bits per heavy atom. The van der Waals surface area contributed by atoms with E-state index in [1.54, 1.807) is 5.54 Å². The molecule has 1 aromatic rings. The minimum Gasteiger partial charge on any atom is -0.0933 e. The van der Waals surface area contributed by atoms with Gasteiger partial charge in [-0.1, -0.05) is 41.4 Å². The lowest BCUT2D eigenvalue weighted by Gasteiger charge is -2.37. The van der Waals surface area contributed by atoms with Crippen molar-refractivity contribution in [3.8, 4) is 0 Å². The highest BCUT2D eigenvalue weighted by Gasteiger charge is 2.30. The highest BCUT2D eigenvalue weighted by molar-refractivity contribution is 6.30. The predicted octanol–water partition coefficient (Wildman–Crippen LogP) is 7.17. The van der Waals surface area contributed by atoms with Crippen LogP contribution in [0.2, 0.25) is 5.02 Å². The number of rotatable bonds is 3. The molecule has 0 spiro atoms. The van der Waals surface area contributed by atoms with Crippen LogP contribution >= 0.6 is 23.2 Å². The maximum absolute atomic E-state index is 6.00. The van der Waals surface area contributed by atoms with Gasteiger partial charge >= 0.3 is 0 Å². The molecule has 2 aliphatic rings. The van der Waals surface area contributed by atoms with Crippen LogP contribution in [0.4, 0.5) is 0 Å². The van der Waals surface area contributed by atoms with Crippen LogP contribution in [0.5, 0.6) is 0 Å². The summed E-state index contributed by atoms with van der Waals surface area (Å²) in [6, 6.07) is 8.51. The van der Waals surface area contributed by atoms with Crippen LogP contribution in [0.25, 0.3) is 0 Å². The highest BCUT2D eigenvalue weighted by Crippen LogP contribution is 2.44. The molecule has 2 saturated carbocycles. The normalized spacial score (nSPS) is 33.2. The average Bonchev–Trinajstić information content (AvgIpc) is 2.57. The number of allylic oxidation sites excluding steroid dienone is 1. The summed E-state index contributed by atoms with van der Waals surface area (Å²) < 4.78 is 0. The maximum Gasteiger partial charge on any atom is 0.0406 e. The first-order valence-electron chi connectivity index (χ1n) is 8.78. The molecule has 22 heavy (non-hydrogen) atoms. The molecule has 2 heteroatoms. The molecule has 2 aliphatic carbocycles. The first-order valence-corrected chi connectivity index (χ1v) is 9.60. The molecule has 0 unspecified atom stereocenters. The van der Waals surface area contributed by atoms with Crippen molar-refractivity contribution in [2.45, 2.75) is 57.3 Å². The average molecular weight is 337 g/mol. The van der Waals surface area contributed by atoms with Crippen LogP contribution in [-0.4, -0.2) is 0 Å². The van der Waals surface area contributed by atoms with Crippen molar-refractivity contribution < 1.29 is 0 Å². The zero-order chi connectivity index (χ0) is 15.4. The number of hydrogen-bond acceptors (Lipinski definition) is 0. The Morgan fingerprint density at radius 2 is 1.32 bits per heavy atom. The van der Waals surface area contributed by atoms with Gasteiger partial charge in [0.15, 0.2) is 0 Å². The Balaban J connectivity index is 1.49. The van der Waals surface area contributed by atoms with Crippen molar-refractivity contribution >= 4 is 23.2 Å². The molecule has 120 valence electrons. The summed E-state index contributed by atoms with van der Waals surface area (Å²) in [6.45, 7) is 0. The van der Waals surface area contributed by atoms with Crippen LogP contribution < -0.4 is 0 Å². The van der Waals surface area contributed by atoms with Crippen LogP contribution in [0, 0.1) is 17.8 Å². The van der Waals surface area contributed by atoms with E-state index in [1.165, 1.54) is 56.9 Å². The van der Waals surface area contributed by atoms with Crippen LogP contribution in [0.1, 0.15) is 62.8 Å². The van der Waals surface area contributed by atoms with Gasteiger partial charge in [0.25, 0.3) is 0 Å². The molecular weight excluding hydrogens is 311 g/mol. The monoisotopic (exact) mass is 336 g/mol. The largest absolute Gasteiger partial charge is 0.0933 e. The third kappa shape index (κ3) is 4.09. The van der Waals surface area contributed by atoms with Crippen molar-refractivity contribution in [2.24, 2.45) is 17.8 Å². The quantitative estimate of drug-likeness (QED) is 0.548. The molecule has 0 N–H and O–H groups in total.